The molecule has 0 rings (SSSR count). The van der Waals surface area contributed by atoms with Gasteiger partial charge in [-0.15, -0.1) is 0 Å². The van der Waals surface area contributed by atoms with E-state index >= 15 is 0 Å². The molecule has 0 bridgehead atoms. The van der Waals surface area contributed by atoms with Crippen molar-refractivity contribution in [1.82, 2.24) is 0 Å². The molecule has 0 aromatic rings. The molecule has 0 aliphatic rings. The first kappa shape index (κ1) is 23.5. The molecule has 0 fully saturated rings. The van der Waals surface area contributed by atoms with Crippen LogP contribution in [0, 0.1) is 23.7 Å². The van der Waals surface area contributed by atoms with E-state index in [1.807, 2.05) is 0 Å². The van der Waals surface area contributed by atoms with Crippen molar-refractivity contribution in [3.63, 3.8) is 0 Å². The van der Waals surface area contributed by atoms with Gasteiger partial charge in [0, 0.05) is 0 Å². The summed E-state index contributed by atoms with van der Waals surface area (Å²) in [5.41, 5.74) is 0. The number of rotatable bonds is 16. The predicted octanol–water partition coefficient (Wildman–Crippen LogP) is 8.01. The maximum absolute atomic E-state index is 2.51. The van der Waals surface area contributed by atoms with E-state index in [-0.39, 0.29) is 0 Å². The first-order valence-electron chi connectivity index (χ1n) is 10.8. The van der Waals surface area contributed by atoms with Gasteiger partial charge < -0.3 is 0 Å². The summed E-state index contributed by atoms with van der Waals surface area (Å²) in [7, 11) is 0. The van der Waals surface area contributed by atoms with Crippen LogP contribution in [-0.2, 0) is 0 Å². The summed E-state index contributed by atoms with van der Waals surface area (Å²) < 4.78 is 0. The predicted molar refractivity (Wildman–Crippen MR) is 110 cm³/mol. The summed E-state index contributed by atoms with van der Waals surface area (Å²) in [6, 6.07) is 0. The molecule has 0 aliphatic carbocycles. The molecule has 4 unspecified atom stereocenters. The normalized spacial score (nSPS) is 16.6. The molecule has 0 amide bonds. The summed E-state index contributed by atoms with van der Waals surface area (Å²) in [6.45, 7) is 14.6. The van der Waals surface area contributed by atoms with Crippen molar-refractivity contribution < 1.29 is 0 Å². The minimum atomic E-state index is 0.677. The molecular formula is C22H46Al+. The van der Waals surface area contributed by atoms with E-state index in [0.29, 0.717) is 15.2 Å². The summed E-state index contributed by atoms with van der Waals surface area (Å²) in [4.78, 5) is 0. The number of hydrogen-bond donors (Lipinski definition) is 0. The van der Waals surface area contributed by atoms with Crippen molar-refractivity contribution in [2.45, 2.75) is 116 Å². The molecule has 0 radical (unpaired) electrons. The topological polar surface area (TPSA) is 0 Å². The van der Waals surface area contributed by atoms with Crippen LogP contribution in [-0.4, -0.2) is 15.2 Å². The fourth-order valence-corrected chi connectivity index (χ4v) is 5.62. The molecule has 4 atom stereocenters. The Labute approximate surface area is 155 Å². The SMILES string of the molecule is CCCCCCC(C)C(C)[CH2][Al+][CH2]C(C)C(C)CCCCCC. The van der Waals surface area contributed by atoms with Gasteiger partial charge in [0.1, 0.15) is 0 Å². The molecule has 0 spiro atoms. The molecule has 0 aliphatic heterocycles. The third-order valence-corrected chi connectivity index (χ3v) is 8.20. The van der Waals surface area contributed by atoms with E-state index in [1.165, 1.54) is 74.8 Å². The molecule has 23 heavy (non-hydrogen) atoms. The molecule has 0 N–H and O–H groups in total. The third-order valence-electron chi connectivity index (χ3n) is 6.05. The molecule has 0 aromatic carbocycles. The van der Waals surface area contributed by atoms with Crippen molar-refractivity contribution in [1.29, 1.82) is 0 Å². The van der Waals surface area contributed by atoms with Gasteiger partial charge in [-0.05, 0) is 0 Å². The average Bonchev–Trinajstić information content (AvgIpc) is 2.54. The molecule has 0 nitrogen and oxygen atoms in total. The van der Waals surface area contributed by atoms with Crippen LogP contribution in [0.2, 0.25) is 10.6 Å². The van der Waals surface area contributed by atoms with Crippen molar-refractivity contribution in [2.75, 3.05) is 0 Å². The summed E-state index contributed by atoms with van der Waals surface area (Å²) in [5, 5.41) is 3.06. The molecule has 1 heteroatoms. The van der Waals surface area contributed by atoms with Crippen LogP contribution in [0.4, 0.5) is 0 Å². The average molecular weight is 338 g/mol. The second kappa shape index (κ2) is 16.0. The summed E-state index contributed by atoms with van der Waals surface area (Å²) in [6.07, 6.45) is 14.3. The van der Waals surface area contributed by atoms with Crippen molar-refractivity contribution in [3.8, 4) is 0 Å². The van der Waals surface area contributed by atoms with Crippen LogP contribution in [0.5, 0.6) is 0 Å². The van der Waals surface area contributed by atoms with E-state index in [0.717, 1.165) is 23.7 Å². The van der Waals surface area contributed by atoms with Gasteiger partial charge in [0.05, 0.1) is 0 Å². The quantitative estimate of drug-likeness (QED) is 0.197. The molecule has 0 heterocycles. The van der Waals surface area contributed by atoms with E-state index in [1.54, 1.807) is 0 Å². The fraction of sp³-hybridized carbons (Fsp3) is 1.00. The van der Waals surface area contributed by atoms with Gasteiger partial charge in [-0.25, -0.2) is 0 Å². The van der Waals surface area contributed by atoms with Gasteiger partial charge in [-0.3, -0.25) is 0 Å². The van der Waals surface area contributed by atoms with Crippen molar-refractivity contribution >= 4 is 15.2 Å². The fourth-order valence-electron chi connectivity index (χ4n) is 3.44. The maximum atomic E-state index is 2.51. The Morgan fingerprint density at radius 1 is 0.522 bits per heavy atom. The Bertz CT molecular complexity index is 214. The Balaban J connectivity index is 3.69. The Morgan fingerprint density at radius 2 is 0.913 bits per heavy atom. The van der Waals surface area contributed by atoms with Crippen LogP contribution in [0.25, 0.3) is 0 Å². The zero-order chi connectivity index (χ0) is 17.5. The van der Waals surface area contributed by atoms with Crippen molar-refractivity contribution in [2.24, 2.45) is 23.7 Å². The van der Waals surface area contributed by atoms with E-state index in [2.05, 4.69) is 41.5 Å². The van der Waals surface area contributed by atoms with Gasteiger partial charge >= 0.3 is 155 Å². The van der Waals surface area contributed by atoms with E-state index < -0.39 is 0 Å². The van der Waals surface area contributed by atoms with Crippen LogP contribution in [0.1, 0.15) is 106 Å². The summed E-state index contributed by atoms with van der Waals surface area (Å²) in [5.74, 6) is 3.81. The van der Waals surface area contributed by atoms with Gasteiger partial charge in [-0.2, -0.15) is 0 Å². The standard InChI is InChI=1S/2C11H23.Al/c2*1-5-6-7-8-9-11(4)10(2)3;/h2*10-11H,2,5-9H2,1,3-4H3;/q;;+1. The van der Waals surface area contributed by atoms with Crippen LogP contribution >= 0.6 is 0 Å². The number of hydrogen-bond acceptors (Lipinski definition) is 0. The van der Waals surface area contributed by atoms with Crippen molar-refractivity contribution in [3.05, 3.63) is 0 Å². The molecule has 0 aromatic heterocycles. The minimum absolute atomic E-state index is 0.677. The van der Waals surface area contributed by atoms with E-state index in [9.17, 15) is 0 Å². The van der Waals surface area contributed by atoms with Crippen LogP contribution < -0.4 is 0 Å². The van der Waals surface area contributed by atoms with Crippen LogP contribution in [0.3, 0.4) is 0 Å². The Kier molecular flexibility index (Phi) is 16.4. The second-order valence-corrected chi connectivity index (χ2v) is 9.89. The molecule has 136 valence electrons. The third kappa shape index (κ3) is 13.5. The zero-order valence-corrected chi connectivity index (χ0v) is 18.5. The first-order valence-corrected chi connectivity index (χ1v) is 12.5. The van der Waals surface area contributed by atoms with Gasteiger partial charge in [0.25, 0.3) is 0 Å². The van der Waals surface area contributed by atoms with Gasteiger partial charge in [-0.1, -0.05) is 0 Å². The Morgan fingerprint density at radius 3 is 1.26 bits per heavy atom. The molecule has 0 saturated carbocycles. The zero-order valence-electron chi connectivity index (χ0n) is 17.4. The van der Waals surface area contributed by atoms with Crippen LogP contribution in [0.15, 0.2) is 0 Å². The van der Waals surface area contributed by atoms with Gasteiger partial charge in [0.2, 0.25) is 0 Å². The first-order chi connectivity index (χ1) is 11.0. The molecule has 0 saturated heterocycles. The summed E-state index contributed by atoms with van der Waals surface area (Å²) >= 11 is 0.677. The monoisotopic (exact) mass is 337 g/mol. The van der Waals surface area contributed by atoms with Gasteiger partial charge in [0.15, 0.2) is 0 Å². The Hall–Kier alpha value is 0.532. The number of unbranched alkanes of at least 4 members (excludes halogenated alkanes) is 6. The van der Waals surface area contributed by atoms with E-state index in [4.69, 9.17) is 0 Å². The second-order valence-electron chi connectivity index (χ2n) is 8.37. The molecular weight excluding hydrogens is 291 g/mol.